The number of unbranched alkanes of at least 4 members (excludes halogenated alkanes) is 1. The molecule has 0 spiro atoms. The summed E-state index contributed by atoms with van der Waals surface area (Å²) in [7, 11) is -1.30. The van der Waals surface area contributed by atoms with Crippen LogP contribution in [0.3, 0.4) is 0 Å². The molecule has 1 aromatic heterocycles. The Balaban J connectivity index is 1.46. The second-order valence-corrected chi connectivity index (χ2v) is 26.7. The number of benzene rings is 2. The van der Waals surface area contributed by atoms with Crippen LogP contribution in [0.25, 0.3) is 21.9 Å². The third-order valence-electron chi connectivity index (χ3n) is 16.1. The number of aliphatic carboxylic acids is 1. The fourth-order valence-corrected chi connectivity index (χ4v) is 10.9. The number of hydrogen-bond donors (Lipinski definition) is 14. The van der Waals surface area contributed by atoms with Crippen LogP contribution in [-0.4, -0.2) is 273 Å². The van der Waals surface area contributed by atoms with Crippen molar-refractivity contribution < 1.29 is 109 Å². The smallest absolute Gasteiger partial charge is 0.326 e. The van der Waals surface area contributed by atoms with Crippen molar-refractivity contribution in [1.29, 1.82) is 0 Å². The fraction of sp³-hybridized carbons (Fsp3) is 0.671. The van der Waals surface area contributed by atoms with Crippen LogP contribution < -0.4 is 65.1 Å². The van der Waals surface area contributed by atoms with E-state index in [2.05, 4.69) is 47.9 Å². The van der Waals surface area contributed by atoms with Gasteiger partial charge in [-0.3, -0.25) is 52.2 Å². The van der Waals surface area contributed by atoms with E-state index in [-0.39, 0.29) is 95.4 Å². The molecule has 0 aliphatic rings. The number of aryl methyl sites for hydroxylation is 1. The Morgan fingerprint density at radius 1 is 0.500 bits per heavy atom. The van der Waals surface area contributed by atoms with Crippen LogP contribution in [0.15, 0.2) is 40.8 Å². The number of primary amides is 1. The van der Waals surface area contributed by atoms with Crippen molar-refractivity contribution >= 4 is 97.8 Å². The molecule has 0 aliphatic heterocycles. The van der Waals surface area contributed by atoms with Gasteiger partial charge in [-0.1, -0.05) is 70.5 Å². The van der Waals surface area contributed by atoms with E-state index in [1.54, 1.807) is 6.92 Å². The number of carbonyl (C=O) groups is 11. The minimum atomic E-state index is -1.66. The quantitative estimate of drug-likeness (QED) is 0.0265. The molecule has 10 amide bonds. The molecule has 17 N–H and O–H groups in total. The highest BCUT2D eigenvalue weighted by Crippen LogP contribution is 2.33. The second-order valence-electron chi connectivity index (χ2n) is 25.2. The van der Waals surface area contributed by atoms with E-state index in [4.69, 9.17) is 59.5 Å². The predicted molar refractivity (Wildman–Crippen MR) is 390 cm³/mol. The lowest BCUT2D eigenvalue weighted by Gasteiger charge is -2.25. The number of nitrogens with two attached hydrogens (primary N) is 3. The summed E-state index contributed by atoms with van der Waals surface area (Å²) in [5.41, 5.74) is 19.0. The third kappa shape index (κ3) is 38.6. The van der Waals surface area contributed by atoms with Crippen molar-refractivity contribution in [2.24, 2.45) is 29.0 Å². The fourth-order valence-electron chi connectivity index (χ4n) is 10.3. The largest absolute Gasteiger partial charge is 0.480 e. The van der Waals surface area contributed by atoms with Gasteiger partial charge in [-0.25, -0.2) is 4.79 Å². The molecule has 0 radical (unpaired) electrons. The van der Waals surface area contributed by atoms with Crippen LogP contribution >= 0.6 is 0 Å². The number of carbonyl (C=O) groups excluding carboxylic acids is 10. The SMILES string of the molecule is CC[C@H](C)[C@H](NC(=O)CCc1cccc2c1oc1c(CCNC(=O)[C@H](CCCCN)NC(=O)[C@H](CC(N)=O)NC(=O)[C@H](CO)NC(=O)CNC(=O)CCOCCOCCOCCOCCOCCOCCOCCOCCN)cccc12)C(=O)NCC(=O)N[C@@H](CC(C)C)C(=O)N[C@@H](CCS(C)=O)C(=O)O. The highest BCUT2D eigenvalue weighted by Gasteiger charge is 2.33. The van der Waals surface area contributed by atoms with E-state index in [9.17, 15) is 67.2 Å². The van der Waals surface area contributed by atoms with Gasteiger partial charge in [0.1, 0.15) is 47.4 Å². The maximum absolute atomic E-state index is 13.9. The van der Waals surface area contributed by atoms with Crippen LogP contribution in [-0.2, 0) is 114 Å². The van der Waals surface area contributed by atoms with Gasteiger partial charge in [0.25, 0.3) is 0 Å². The predicted octanol–water partition coefficient (Wildman–Crippen LogP) is -2.26. The minimum Gasteiger partial charge on any atom is -0.480 e. The number of rotatable bonds is 62. The van der Waals surface area contributed by atoms with Gasteiger partial charge < -0.3 is 118 Å². The number of furan rings is 1. The van der Waals surface area contributed by atoms with Crippen molar-refractivity contribution in [2.75, 3.05) is 157 Å². The number of carboxylic acid groups (broad SMARTS) is 1. The van der Waals surface area contributed by atoms with Gasteiger partial charge in [0.2, 0.25) is 59.1 Å². The maximum atomic E-state index is 13.9. The molecule has 0 saturated heterocycles. The van der Waals surface area contributed by atoms with E-state index in [1.165, 1.54) is 6.26 Å². The molecular formula is C70H114N12O23S. The van der Waals surface area contributed by atoms with Crippen molar-refractivity contribution in [3.8, 4) is 0 Å². The molecule has 3 aromatic rings. The number of hydrogen-bond acceptors (Lipinski definition) is 24. The van der Waals surface area contributed by atoms with E-state index in [1.807, 2.05) is 57.2 Å². The number of para-hydroxylation sites is 2. The molecule has 8 atom stereocenters. The monoisotopic (exact) mass is 1520 g/mol. The summed E-state index contributed by atoms with van der Waals surface area (Å²) in [5, 5.41) is 44.0. The average Bonchev–Trinajstić information content (AvgIpc) is 1.62. The number of ether oxygens (including phenoxy) is 8. The Labute approximate surface area is 620 Å². The first-order valence-electron chi connectivity index (χ1n) is 35.9. The molecule has 1 heterocycles. The highest BCUT2D eigenvalue weighted by atomic mass is 32.2. The molecule has 3 rings (SSSR count). The Morgan fingerprint density at radius 3 is 1.47 bits per heavy atom. The Bertz CT molecular complexity index is 3200. The third-order valence-corrected chi connectivity index (χ3v) is 17.0. The summed E-state index contributed by atoms with van der Waals surface area (Å²) < 4.78 is 61.4. The number of aliphatic hydroxyl groups is 1. The van der Waals surface area contributed by atoms with Gasteiger partial charge in [0.05, 0.1) is 132 Å². The zero-order valence-corrected chi connectivity index (χ0v) is 62.5. The molecule has 35 nitrogen and oxygen atoms in total. The van der Waals surface area contributed by atoms with Gasteiger partial charge in [-0.15, -0.1) is 0 Å². The van der Waals surface area contributed by atoms with Crippen LogP contribution in [0.5, 0.6) is 0 Å². The number of amides is 10. The molecule has 0 fully saturated rings. The first kappa shape index (κ1) is 92.3. The Hall–Kier alpha value is -7.88. The Kier molecular flexibility index (Phi) is 47.6. The van der Waals surface area contributed by atoms with Gasteiger partial charge in [0.15, 0.2) is 0 Å². The molecule has 36 heteroatoms. The number of carboxylic acids is 1. The van der Waals surface area contributed by atoms with E-state index >= 15 is 0 Å². The van der Waals surface area contributed by atoms with E-state index in [0.29, 0.717) is 134 Å². The molecular weight excluding hydrogens is 1410 g/mol. The molecule has 0 bridgehead atoms. The average molecular weight is 1520 g/mol. The van der Waals surface area contributed by atoms with Crippen LogP contribution in [0, 0.1) is 11.8 Å². The maximum Gasteiger partial charge on any atom is 0.326 e. The van der Waals surface area contributed by atoms with Crippen LogP contribution in [0.4, 0.5) is 0 Å². The van der Waals surface area contributed by atoms with Crippen LogP contribution in [0.2, 0.25) is 0 Å². The number of aliphatic hydroxyl groups excluding tert-OH is 1. The standard InChI is InChI=1S/C70H114N12O23S/c1-6-47(4)62(69(93)76-44-61(88)77-54(41-46(2)3)66(90)80-53(70(94)95)20-40-106(5)96)82-59(86)17-16-48-11-9-13-50-51-14-10-12-49(64(51)105-63(48)50)18-23-74-65(89)52(15-7-8-21-71)79-67(91)55(42-57(73)84)81-68(92)56(45-83)78-60(87)43-75-58(85)19-24-97-26-28-99-30-32-101-34-36-103-38-39-104-37-35-102-33-31-100-29-27-98-25-22-72/h9-14,46-47,52-56,62,83H,6-8,15-45,71-72H2,1-5H3,(H2,73,84)(H,74,89)(H,75,85)(H,76,93)(H,77,88)(H,78,87)(H,79,91)(H,80,90)(H,81,92)(H,82,86)(H,94,95)/t47-,52-,53-,54-,55-,56-,62-,106?/m0/s1. The molecule has 2 aromatic carbocycles. The topological polar surface area (TPSA) is 519 Å². The van der Waals surface area contributed by atoms with E-state index in [0.717, 1.165) is 10.8 Å². The first-order chi connectivity index (χ1) is 50.9. The molecule has 106 heavy (non-hydrogen) atoms. The number of nitrogens with one attached hydrogen (secondary N) is 9. The lowest BCUT2D eigenvalue weighted by molar-refractivity contribution is -0.142. The second kappa shape index (κ2) is 54.7. The van der Waals surface area contributed by atoms with Crippen molar-refractivity contribution in [3.05, 3.63) is 47.5 Å². The van der Waals surface area contributed by atoms with Gasteiger partial charge in [-0.2, -0.15) is 0 Å². The van der Waals surface area contributed by atoms with Crippen molar-refractivity contribution in [2.45, 2.75) is 135 Å². The lowest BCUT2D eigenvalue weighted by Crippen LogP contribution is -2.58. The van der Waals surface area contributed by atoms with E-state index < -0.39 is 138 Å². The van der Waals surface area contributed by atoms with Gasteiger partial charge >= 0.3 is 5.97 Å². The van der Waals surface area contributed by atoms with Gasteiger partial charge in [-0.05, 0) is 74.5 Å². The zero-order chi connectivity index (χ0) is 78.0. The zero-order valence-electron chi connectivity index (χ0n) is 61.7. The first-order valence-corrected chi connectivity index (χ1v) is 37.6. The Morgan fingerprint density at radius 2 is 0.981 bits per heavy atom. The summed E-state index contributed by atoms with van der Waals surface area (Å²) in [5.74, 6) is -9.38. The highest BCUT2D eigenvalue weighted by molar-refractivity contribution is 7.84. The van der Waals surface area contributed by atoms with Crippen molar-refractivity contribution in [3.63, 3.8) is 0 Å². The summed E-state index contributed by atoms with van der Waals surface area (Å²) in [6.45, 7) is 11.9. The summed E-state index contributed by atoms with van der Waals surface area (Å²) in [4.78, 5) is 144. The molecule has 0 aliphatic carbocycles. The minimum absolute atomic E-state index is 0.00702. The molecule has 0 saturated carbocycles. The van der Waals surface area contributed by atoms with Gasteiger partial charge in [0, 0.05) is 59.5 Å². The van der Waals surface area contributed by atoms with Crippen LogP contribution in [0.1, 0.15) is 96.6 Å². The lowest BCUT2D eigenvalue weighted by atomic mass is 9.97. The molecule has 1 unspecified atom stereocenters. The van der Waals surface area contributed by atoms with Crippen molar-refractivity contribution in [1.82, 2.24) is 47.9 Å². The summed E-state index contributed by atoms with van der Waals surface area (Å²) in [6.07, 6.45) is 2.49. The normalized spacial score (nSPS) is 13.7. The summed E-state index contributed by atoms with van der Waals surface area (Å²) >= 11 is 0. The summed E-state index contributed by atoms with van der Waals surface area (Å²) in [6, 6.07) is 3.01. The number of fused-ring (bicyclic) bond motifs is 3. The molecule has 598 valence electrons.